The highest BCUT2D eigenvalue weighted by Gasteiger charge is 2.19. The van der Waals surface area contributed by atoms with Crippen LogP contribution in [-0.4, -0.2) is 19.7 Å². The second kappa shape index (κ2) is 6.95. The molecule has 1 N–H and O–H groups in total. The van der Waals surface area contributed by atoms with Crippen molar-refractivity contribution >= 4 is 22.5 Å². The van der Waals surface area contributed by atoms with E-state index < -0.39 is 12.2 Å². The molecular weight excluding hydrogens is 367 g/mol. The molecule has 0 unspecified atom stereocenters. The molecule has 28 heavy (non-hydrogen) atoms. The van der Waals surface area contributed by atoms with Crippen molar-refractivity contribution in [3.8, 4) is 11.1 Å². The van der Waals surface area contributed by atoms with Gasteiger partial charge in [0.05, 0.1) is 11.7 Å². The molecule has 0 saturated heterocycles. The third kappa shape index (κ3) is 3.28. The molecular formula is C20H15F3N5. The van der Waals surface area contributed by atoms with Gasteiger partial charge in [0.25, 0.3) is 6.43 Å². The molecule has 0 aliphatic rings. The molecule has 0 aliphatic heterocycles. The van der Waals surface area contributed by atoms with E-state index in [0.29, 0.717) is 22.7 Å². The second-order valence-corrected chi connectivity index (χ2v) is 6.27. The van der Waals surface area contributed by atoms with Crippen LogP contribution in [0, 0.1) is 12.7 Å². The molecule has 0 atom stereocenters. The van der Waals surface area contributed by atoms with Gasteiger partial charge in [0.1, 0.15) is 23.1 Å². The van der Waals surface area contributed by atoms with Crippen LogP contribution in [0.25, 0.3) is 22.0 Å². The second-order valence-electron chi connectivity index (χ2n) is 6.27. The van der Waals surface area contributed by atoms with Gasteiger partial charge in [-0.2, -0.15) is 5.10 Å². The van der Waals surface area contributed by atoms with Gasteiger partial charge in [-0.05, 0) is 48.4 Å². The summed E-state index contributed by atoms with van der Waals surface area (Å²) in [7, 11) is 1.46. The summed E-state index contributed by atoms with van der Waals surface area (Å²) in [4.78, 5) is 8.17. The average molecular weight is 382 g/mol. The summed E-state index contributed by atoms with van der Waals surface area (Å²) in [6, 6.07) is 9.73. The Morgan fingerprint density at radius 1 is 1.07 bits per heavy atom. The summed E-state index contributed by atoms with van der Waals surface area (Å²) in [5.41, 5.74) is 1.66. The average Bonchev–Trinajstić information content (AvgIpc) is 2.98. The van der Waals surface area contributed by atoms with Crippen LogP contribution in [0.15, 0.2) is 48.8 Å². The predicted octanol–water partition coefficient (Wildman–Crippen LogP) is 5.03. The first-order valence-corrected chi connectivity index (χ1v) is 8.38. The molecule has 8 heteroatoms. The smallest absolute Gasteiger partial charge is 0.280 e. The van der Waals surface area contributed by atoms with Crippen molar-refractivity contribution in [2.75, 3.05) is 5.32 Å². The molecule has 4 rings (SSSR count). The van der Waals surface area contributed by atoms with Gasteiger partial charge in [-0.1, -0.05) is 6.07 Å². The summed E-state index contributed by atoms with van der Waals surface area (Å²) >= 11 is 0. The fraction of sp³-hybridized carbons (Fsp3) is 0.100. The van der Waals surface area contributed by atoms with Crippen LogP contribution >= 0.6 is 0 Å². The Labute approximate surface area is 158 Å². The van der Waals surface area contributed by atoms with Gasteiger partial charge in [-0.25, -0.2) is 23.1 Å². The molecule has 0 fully saturated rings. The minimum atomic E-state index is -2.69. The maximum absolute atomic E-state index is 14.4. The highest BCUT2D eigenvalue weighted by molar-refractivity contribution is 5.87. The van der Waals surface area contributed by atoms with Crippen molar-refractivity contribution < 1.29 is 13.2 Å². The zero-order valence-corrected chi connectivity index (χ0v) is 14.8. The van der Waals surface area contributed by atoms with Crippen molar-refractivity contribution in [1.29, 1.82) is 0 Å². The van der Waals surface area contributed by atoms with E-state index in [1.54, 1.807) is 30.5 Å². The number of nitrogens with one attached hydrogen (secondary N) is 1. The molecule has 5 nitrogen and oxygen atoms in total. The number of benzene rings is 1. The number of pyridine rings is 2. The summed E-state index contributed by atoms with van der Waals surface area (Å²) in [5, 5.41) is 7.35. The van der Waals surface area contributed by atoms with E-state index in [1.165, 1.54) is 19.2 Å². The molecule has 0 saturated carbocycles. The van der Waals surface area contributed by atoms with E-state index in [1.807, 2.05) is 0 Å². The highest BCUT2D eigenvalue weighted by Crippen LogP contribution is 2.32. The first-order chi connectivity index (χ1) is 13.4. The normalized spacial score (nSPS) is 11.4. The molecule has 3 heterocycles. The first-order valence-electron chi connectivity index (χ1n) is 8.38. The lowest BCUT2D eigenvalue weighted by Gasteiger charge is -2.09. The van der Waals surface area contributed by atoms with Gasteiger partial charge in [-0.15, -0.1) is 0 Å². The van der Waals surface area contributed by atoms with E-state index in [9.17, 15) is 13.2 Å². The van der Waals surface area contributed by atoms with Crippen molar-refractivity contribution in [1.82, 2.24) is 19.7 Å². The fourth-order valence-corrected chi connectivity index (χ4v) is 3.05. The number of rotatable bonds is 4. The van der Waals surface area contributed by atoms with Crippen LogP contribution in [0.3, 0.4) is 0 Å². The minimum Gasteiger partial charge on any atom is -0.325 e. The lowest BCUT2D eigenvalue weighted by molar-refractivity contribution is 0.142. The predicted molar refractivity (Wildman–Crippen MR) is 101 cm³/mol. The summed E-state index contributed by atoms with van der Waals surface area (Å²) in [5.74, 6) is 0.321. The van der Waals surface area contributed by atoms with E-state index in [0.717, 1.165) is 16.4 Å². The zero-order valence-electron chi connectivity index (χ0n) is 14.8. The quantitative estimate of drug-likeness (QED) is 0.538. The zero-order chi connectivity index (χ0) is 19.8. The monoisotopic (exact) mass is 382 g/mol. The summed E-state index contributed by atoms with van der Waals surface area (Å²) in [6.45, 7) is 3.83. The molecule has 4 aromatic rings. The van der Waals surface area contributed by atoms with Gasteiger partial charge >= 0.3 is 0 Å². The first kappa shape index (κ1) is 18.0. The van der Waals surface area contributed by atoms with Crippen molar-refractivity contribution in [2.45, 2.75) is 6.43 Å². The molecule has 0 aliphatic carbocycles. The Hall–Kier alpha value is -3.42. The van der Waals surface area contributed by atoms with Gasteiger partial charge in [-0.3, -0.25) is 4.68 Å². The van der Waals surface area contributed by atoms with E-state index in [4.69, 9.17) is 0 Å². The Balaban J connectivity index is 1.77. The summed E-state index contributed by atoms with van der Waals surface area (Å²) < 4.78 is 42.3. The van der Waals surface area contributed by atoms with Crippen LogP contribution < -0.4 is 5.32 Å². The largest absolute Gasteiger partial charge is 0.325 e. The fourth-order valence-electron chi connectivity index (χ4n) is 3.05. The lowest BCUT2D eigenvalue weighted by atomic mass is 10.0. The van der Waals surface area contributed by atoms with Crippen LogP contribution in [0.4, 0.5) is 24.8 Å². The van der Waals surface area contributed by atoms with Crippen LogP contribution in [0.1, 0.15) is 17.7 Å². The number of halogens is 3. The van der Waals surface area contributed by atoms with Crippen molar-refractivity contribution in [2.24, 2.45) is 7.05 Å². The van der Waals surface area contributed by atoms with Gasteiger partial charge in [0.2, 0.25) is 0 Å². The number of aryl methyl sites for hydroxylation is 1. The third-order valence-electron chi connectivity index (χ3n) is 4.33. The minimum absolute atomic E-state index is 0.207. The Bertz CT molecular complexity index is 1170. The molecule has 3 aromatic heterocycles. The van der Waals surface area contributed by atoms with E-state index >= 15 is 0 Å². The van der Waals surface area contributed by atoms with Crippen LogP contribution in [0.2, 0.25) is 0 Å². The molecule has 141 valence electrons. The number of aromatic nitrogens is 4. The molecule has 0 spiro atoms. The Morgan fingerprint density at radius 3 is 2.61 bits per heavy atom. The number of alkyl halides is 2. The maximum Gasteiger partial charge on any atom is 0.280 e. The third-order valence-corrected chi connectivity index (χ3v) is 4.33. The van der Waals surface area contributed by atoms with Gasteiger partial charge in [0.15, 0.2) is 0 Å². The topological polar surface area (TPSA) is 55.6 Å². The van der Waals surface area contributed by atoms with Gasteiger partial charge in [0, 0.05) is 24.2 Å². The maximum atomic E-state index is 14.4. The van der Waals surface area contributed by atoms with Gasteiger partial charge < -0.3 is 5.32 Å². The SMILES string of the molecule is [CH2]c1ccnc(Nc2cc(-c3ccc4nn(C)c(C(F)F)c4c3)c(F)cn2)c1. The Kier molecular flexibility index (Phi) is 4.46. The van der Waals surface area contributed by atoms with E-state index in [-0.39, 0.29) is 16.6 Å². The van der Waals surface area contributed by atoms with E-state index in [2.05, 4.69) is 27.3 Å². The molecule has 1 radical (unpaired) electrons. The molecule has 0 bridgehead atoms. The number of fused-ring (bicyclic) bond motifs is 1. The standard InChI is InChI=1S/C20H15F3N5/c1-11-5-6-24-17(7-11)26-18-9-13(15(21)10-25-18)12-3-4-16-14(8-12)19(20(22)23)28(2)27-16/h3-10,20H,1H2,2H3,(H,24,25,26). The number of hydrogen-bond acceptors (Lipinski definition) is 4. The number of anilines is 2. The highest BCUT2D eigenvalue weighted by atomic mass is 19.3. The lowest BCUT2D eigenvalue weighted by Crippen LogP contribution is -1.98. The number of nitrogens with zero attached hydrogens (tertiary/aromatic N) is 4. The molecule has 0 amide bonds. The summed E-state index contributed by atoms with van der Waals surface area (Å²) in [6.07, 6.45) is -0.0180. The van der Waals surface area contributed by atoms with Crippen LogP contribution in [-0.2, 0) is 7.05 Å². The number of hydrogen-bond donors (Lipinski definition) is 1. The van der Waals surface area contributed by atoms with Crippen molar-refractivity contribution in [3.05, 3.63) is 72.8 Å². The van der Waals surface area contributed by atoms with Crippen molar-refractivity contribution in [3.63, 3.8) is 0 Å². The van der Waals surface area contributed by atoms with Crippen LogP contribution in [0.5, 0.6) is 0 Å². The molecule has 1 aromatic carbocycles. The Morgan fingerprint density at radius 2 is 1.86 bits per heavy atom.